The van der Waals surface area contributed by atoms with Crippen molar-refractivity contribution in [3.8, 4) is 5.75 Å². The maximum absolute atomic E-state index is 13.2. The Morgan fingerprint density at radius 1 is 1.37 bits per heavy atom. The fourth-order valence-electron chi connectivity index (χ4n) is 1.45. The highest BCUT2D eigenvalue weighted by Crippen LogP contribution is 2.25. The molecule has 19 heavy (non-hydrogen) atoms. The van der Waals surface area contributed by atoms with E-state index in [-0.39, 0.29) is 11.8 Å². The number of carbonyl (C=O) groups excluding carboxylic acids is 2. The van der Waals surface area contributed by atoms with Crippen molar-refractivity contribution < 1.29 is 18.7 Å². The van der Waals surface area contributed by atoms with Crippen LogP contribution in [-0.4, -0.2) is 18.0 Å². The first-order valence-electron chi connectivity index (χ1n) is 5.63. The second-order valence-corrected chi connectivity index (χ2v) is 4.08. The van der Waals surface area contributed by atoms with E-state index in [0.29, 0.717) is 5.56 Å². The first kappa shape index (κ1) is 14.9. The van der Waals surface area contributed by atoms with Gasteiger partial charge in [-0.15, -0.1) is 0 Å². The van der Waals surface area contributed by atoms with Crippen LogP contribution in [0.1, 0.15) is 25.5 Å². The number of hydrogen-bond donors (Lipinski definition) is 3. The highest BCUT2D eigenvalue weighted by Gasteiger charge is 2.19. The molecule has 0 fully saturated rings. The Hall–Kier alpha value is -2.15. The average Bonchev–Trinajstić information content (AvgIpc) is 2.27. The molecule has 7 heteroatoms. The molecule has 0 aromatic heterocycles. The lowest BCUT2D eigenvalue weighted by Crippen LogP contribution is -2.42. The van der Waals surface area contributed by atoms with E-state index < -0.39 is 23.9 Å². The van der Waals surface area contributed by atoms with E-state index in [2.05, 4.69) is 0 Å². The maximum atomic E-state index is 13.2. The summed E-state index contributed by atoms with van der Waals surface area (Å²) in [5.41, 5.74) is 11.1. The van der Waals surface area contributed by atoms with Crippen LogP contribution in [0, 0.1) is 5.82 Å². The zero-order valence-electron chi connectivity index (χ0n) is 10.6. The van der Waals surface area contributed by atoms with Crippen LogP contribution in [0.25, 0.3) is 0 Å². The van der Waals surface area contributed by atoms with Gasteiger partial charge in [0.05, 0.1) is 0 Å². The van der Waals surface area contributed by atoms with Crippen LogP contribution in [0.3, 0.4) is 0 Å². The molecule has 0 spiro atoms. The van der Waals surface area contributed by atoms with Gasteiger partial charge in [-0.25, -0.2) is 9.18 Å². The van der Waals surface area contributed by atoms with E-state index in [0.717, 1.165) is 6.07 Å². The van der Waals surface area contributed by atoms with Gasteiger partial charge in [-0.1, -0.05) is 6.07 Å². The van der Waals surface area contributed by atoms with E-state index in [1.165, 1.54) is 19.1 Å². The summed E-state index contributed by atoms with van der Waals surface area (Å²) < 4.78 is 18.5. The van der Waals surface area contributed by atoms with E-state index in [1.807, 2.05) is 5.32 Å². The number of imide groups is 1. The molecule has 1 aromatic carbocycles. The molecule has 0 aliphatic heterocycles. The standard InChI is InChI=1S/C12H16FN3O3/c1-6(14)9-4-3-8(13)5-10(9)19-7(2)11(17)16-12(15)18/h3-7H,14H2,1-2H3,(H3,15,16,17,18)/t6-,7?/m1/s1. The minimum absolute atomic E-state index is 0.155. The number of urea groups is 1. The summed E-state index contributed by atoms with van der Waals surface area (Å²) in [6.45, 7) is 3.11. The van der Waals surface area contributed by atoms with Gasteiger partial charge in [-0.05, 0) is 19.9 Å². The third-order valence-corrected chi connectivity index (χ3v) is 2.39. The summed E-state index contributed by atoms with van der Waals surface area (Å²) in [6.07, 6.45) is -1.01. The monoisotopic (exact) mass is 269 g/mol. The molecular formula is C12H16FN3O3. The van der Waals surface area contributed by atoms with Crippen LogP contribution in [0.4, 0.5) is 9.18 Å². The Balaban J connectivity index is 2.89. The van der Waals surface area contributed by atoms with Crippen LogP contribution in [0.2, 0.25) is 0 Å². The van der Waals surface area contributed by atoms with Crippen molar-refractivity contribution in [2.24, 2.45) is 11.5 Å². The molecule has 3 amide bonds. The molecule has 0 bridgehead atoms. The first-order chi connectivity index (χ1) is 8.81. The highest BCUT2D eigenvalue weighted by atomic mass is 19.1. The molecule has 0 saturated heterocycles. The van der Waals surface area contributed by atoms with E-state index in [1.54, 1.807) is 6.92 Å². The van der Waals surface area contributed by atoms with Gasteiger partial charge < -0.3 is 16.2 Å². The highest BCUT2D eigenvalue weighted by molar-refractivity contribution is 5.95. The average molecular weight is 269 g/mol. The minimum atomic E-state index is -1.01. The molecule has 5 N–H and O–H groups in total. The maximum Gasteiger partial charge on any atom is 0.318 e. The van der Waals surface area contributed by atoms with E-state index in [9.17, 15) is 14.0 Å². The van der Waals surface area contributed by atoms with Gasteiger partial charge in [0.1, 0.15) is 11.6 Å². The SMILES string of the molecule is CC(Oc1cc(F)ccc1[C@@H](C)N)C(=O)NC(N)=O. The number of halogens is 1. The molecule has 2 atom stereocenters. The molecule has 1 rings (SSSR count). The normalized spacial score (nSPS) is 13.5. The Morgan fingerprint density at radius 2 is 2.00 bits per heavy atom. The van der Waals surface area contributed by atoms with E-state index >= 15 is 0 Å². The zero-order valence-corrected chi connectivity index (χ0v) is 10.6. The topological polar surface area (TPSA) is 107 Å². The van der Waals surface area contributed by atoms with Gasteiger partial charge in [0, 0.05) is 17.7 Å². The lowest BCUT2D eigenvalue weighted by atomic mass is 10.1. The van der Waals surface area contributed by atoms with Gasteiger partial charge in [0.15, 0.2) is 6.10 Å². The van der Waals surface area contributed by atoms with Gasteiger partial charge >= 0.3 is 6.03 Å². The summed E-state index contributed by atoms with van der Waals surface area (Å²) in [4.78, 5) is 22.0. The molecule has 0 aliphatic carbocycles. The third kappa shape index (κ3) is 4.22. The fraction of sp³-hybridized carbons (Fsp3) is 0.333. The number of ether oxygens (including phenoxy) is 1. The second kappa shape index (κ2) is 6.14. The van der Waals surface area contributed by atoms with Crippen molar-refractivity contribution in [3.05, 3.63) is 29.6 Å². The third-order valence-electron chi connectivity index (χ3n) is 2.39. The van der Waals surface area contributed by atoms with Crippen molar-refractivity contribution in [1.29, 1.82) is 0 Å². The largest absolute Gasteiger partial charge is 0.480 e. The molecule has 1 aromatic rings. The van der Waals surface area contributed by atoms with Crippen molar-refractivity contribution >= 4 is 11.9 Å². The first-order valence-corrected chi connectivity index (χ1v) is 5.63. The summed E-state index contributed by atoms with van der Waals surface area (Å²) >= 11 is 0. The van der Waals surface area contributed by atoms with E-state index in [4.69, 9.17) is 16.2 Å². The molecule has 1 unspecified atom stereocenters. The Bertz CT molecular complexity index is 491. The summed E-state index contributed by atoms with van der Waals surface area (Å²) in [6, 6.07) is 2.50. The van der Waals surface area contributed by atoms with Gasteiger partial charge in [-0.3, -0.25) is 10.1 Å². The predicted octanol–water partition coefficient (Wildman–Crippen LogP) is 0.808. The molecule has 6 nitrogen and oxygen atoms in total. The summed E-state index contributed by atoms with van der Waals surface area (Å²) in [7, 11) is 0. The van der Waals surface area contributed by atoms with Crippen LogP contribution in [0.5, 0.6) is 5.75 Å². The Kier molecular flexibility index (Phi) is 4.82. The van der Waals surface area contributed by atoms with Crippen molar-refractivity contribution in [3.63, 3.8) is 0 Å². The quantitative estimate of drug-likeness (QED) is 0.751. The lowest BCUT2D eigenvalue weighted by Gasteiger charge is -2.18. The molecular weight excluding hydrogens is 253 g/mol. The summed E-state index contributed by atoms with van der Waals surface area (Å²) in [5, 5.41) is 1.88. The van der Waals surface area contributed by atoms with Crippen molar-refractivity contribution in [2.75, 3.05) is 0 Å². The van der Waals surface area contributed by atoms with Crippen LogP contribution >= 0.6 is 0 Å². The van der Waals surface area contributed by atoms with Crippen molar-refractivity contribution in [2.45, 2.75) is 26.0 Å². The second-order valence-electron chi connectivity index (χ2n) is 4.08. The van der Waals surface area contributed by atoms with Gasteiger partial charge in [-0.2, -0.15) is 0 Å². The molecule has 0 saturated carbocycles. The Labute approximate surface area is 109 Å². The Morgan fingerprint density at radius 3 is 2.53 bits per heavy atom. The summed E-state index contributed by atoms with van der Waals surface area (Å²) in [5.74, 6) is -1.07. The van der Waals surface area contributed by atoms with Gasteiger partial charge in [0.25, 0.3) is 5.91 Å². The zero-order chi connectivity index (χ0) is 14.6. The minimum Gasteiger partial charge on any atom is -0.480 e. The number of hydrogen-bond acceptors (Lipinski definition) is 4. The number of amides is 3. The van der Waals surface area contributed by atoms with Crippen molar-refractivity contribution in [1.82, 2.24) is 5.32 Å². The number of nitrogens with one attached hydrogen (secondary N) is 1. The number of rotatable bonds is 4. The molecule has 0 heterocycles. The predicted molar refractivity (Wildman–Crippen MR) is 66.8 cm³/mol. The number of nitrogens with two attached hydrogens (primary N) is 2. The molecule has 0 radical (unpaired) electrons. The number of benzene rings is 1. The van der Waals surface area contributed by atoms with Gasteiger partial charge in [0.2, 0.25) is 0 Å². The number of carbonyl (C=O) groups is 2. The van der Waals surface area contributed by atoms with Crippen LogP contribution in [-0.2, 0) is 4.79 Å². The molecule has 104 valence electrons. The fourth-order valence-corrected chi connectivity index (χ4v) is 1.45. The smallest absolute Gasteiger partial charge is 0.318 e. The lowest BCUT2D eigenvalue weighted by molar-refractivity contribution is -0.126. The van der Waals surface area contributed by atoms with Crippen LogP contribution < -0.4 is 21.5 Å². The molecule has 0 aliphatic rings. The van der Waals surface area contributed by atoms with Crippen LogP contribution in [0.15, 0.2) is 18.2 Å². The number of primary amides is 1.